The summed E-state index contributed by atoms with van der Waals surface area (Å²) in [6.45, 7) is 0. The van der Waals surface area contributed by atoms with E-state index in [2.05, 4.69) is 4.74 Å². The van der Waals surface area contributed by atoms with Gasteiger partial charge in [-0.25, -0.2) is 9.59 Å². The van der Waals surface area contributed by atoms with Crippen LogP contribution in [0.15, 0.2) is 48.5 Å². The summed E-state index contributed by atoms with van der Waals surface area (Å²) >= 11 is 5.87. The Morgan fingerprint density at radius 3 is 2.50 bits per heavy atom. The van der Waals surface area contributed by atoms with Crippen LogP contribution in [0.4, 0.5) is 0 Å². The second-order valence-electron chi connectivity index (χ2n) is 4.67. The molecule has 124 valence electrons. The molecule has 0 aliphatic carbocycles. The monoisotopic (exact) mass is 346 g/mol. The summed E-state index contributed by atoms with van der Waals surface area (Å²) in [5.74, 6) is -0.394. The second-order valence-corrected chi connectivity index (χ2v) is 5.10. The quantitative estimate of drug-likeness (QED) is 0.468. The van der Waals surface area contributed by atoms with Crippen molar-refractivity contribution < 1.29 is 23.8 Å². The predicted molar refractivity (Wildman–Crippen MR) is 90.5 cm³/mol. The molecule has 0 fully saturated rings. The van der Waals surface area contributed by atoms with E-state index in [1.54, 1.807) is 42.5 Å². The van der Waals surface area contributed by atoms with E-state index in [9.17, 15) is 9.59 Å². The highest BCUT2D eigenvalue weighted by Gasteiger charge is 2.13. The zero-order valence-electron chi connectivity index (χ0n) is 13.1. The number of methoxy groups -OCH3 is 2. The van der Waals surface area contributed by atoms with Crippen LogP contribution in [0.2, 0.25) is 5.02 Å². The maximum Gasteiger partial charge on any atom is 0.343 e. The molecule has 0 radical (unpaired) electrons. The van der Waals surface area contributed by atoms with E-state index in [0.717, 1.165) is 0 Å². The van der Waals surface area contributed by atoms with E-state index >= 15 is 0 Å². The number of hydrogen-bond acceptors (Lipinski definition) is 5. The van der Waals surface area contributed by atoms with Gasteiger partial charge in [-0.2, -0.15) is 0 Å². The molecule has 0 unspecified atom stereocenters. The smallest absolute Gasteiger partial charge is 0.343 e. The van der Waals surface area contributed by atoms with Crippen molar-refractivity contribution in [2.24, 2.45) is 0 Å². The number of carbonyl (C=O) groups excluding carboxylic acids is 2. The van der Waals surface area contributed by atoms with Crippen LogP contribution in [0.1, 0.15) is 15.9 Å². The molecule has 2 rings (SSSR count). The first-order chi connectivity index (χ1) is 11.5. The van der Waals surface area contributed by atoms with E-state index in [1.807, 2.05) is 0 Å². The lowest BCUT2D eigenvalue weighted by molar-refractivity contribution is -0.134. The van der Waals surface area contributed by atoms with Gasteiger partial charge in [-0.05, 0) is 42.0 Å². The maximum atomic E-state index is 12.2. The van der Waals surface area contributed by atoms with Gasteiger partial charge in [-0.15, -0.1) is 0 Å². The summed E-state index contributed by atoms with van der Waals surface area (Å²) in [5.41, 5.74) is 1.03. The molecule has 0 aromatic heterocycles. The molecule has 0 amide bonds. The number of ether oxygens (including phenoxy) is 3. The minimum absolute atomic E-state index is 0.262. The number of esters is 2. The summed E-state index contributed by atoms with van der Waals surface area (Å²) in [6, 6.07) is 11.4. The molecule has 0 aliphatic heterocycles. The Balaban J connectivity index is 2.20. The van der Waals surface area contributed by atoms with Crippen molar-refractivity contribution >= 4 is 29.6 Å². The first-order valence-electron chi connectivity index (χ1n) is 6.95. The lowest BCUT2D eigenvalue weighted by Gasteiger charge is -2.10. The molecule has 0 aliphatic rings. The molecule has 0 atom stereocenters. The van der Waals surface area contributed by atoms with Gasteiger partial charge in [0.1, 0.15) is 0 Å². The molecule has 0 saturated carbocycles. The van der Waals surface area contributed by atoms with Crippen molar-refractivity contribution in [1.29, 1.82) is 0 Å². The van der Waals surface area contributed by atoms with Gasteiger partial charge in [0.25, 0.3) is 0 Å². The molecule has 0 N–H and O–H groups in total. The lowest BCUT2D eigenvalue weighted by atomic mass is 10.2. The Morgan fingerprint density at radius 2 is 1.83 bits per heavy atom. The molecule has 0 saturated heterocycles. The highest BCUT2D eigenvalue weighted by molar-refractivity contribution is 6.30. The molecule has 5 nitrogen and oxygen atoms in total. The van der Waals surface area contributed by atoms with Gasteiger partial charge in [0.05, 0.1) is 19.8 Å². The van der Waals surface area contributed by atoms with Crippen LogP contribution in [0, 0.1) is 0 Å². The summed E-state index contributed by atoms with van der Waals surface area (Å²) in [7, 11) is 2.76. The van der Waals surface area contributed by atoms with Crippen molar-refractivity contribution in [2.45, 2.75) is 0 Å². The number of hydrogen-bond donors (Lipinski definition) is 0. The molecule has 2 aromatic rings. The van der Waals surface area contributed by atoms with E-state index < -0.39 is 11.9 Å². The van der Waals surface area contributed by atoms with E-state index in [-0.39, 0.29) is 5.75 Å². The third-order valence-electron chi connectivity index (χ3n) is 3.06. The Bertz CT molecular complexity index is 783. The molecule has 0 heterocycles. The minimum atomic E-state index is -0.548. The molecule has 24 heavy (non-hydrogen) atoms. The fourth-order valence-electron chi connectivity index (χ4n) is 1.88. The molecule has 0 spiro atoms. The van der Waals surface area contributed by atoms with Crippen LogP contribution in [-0.4, -0.2) is 26.2 Å². The number of halogens is 1. The van der Waals surface area contributed by atoms with Gasteiger partial charge in [0.15, 0.2) is 11.5 Å². The summed E-state index contributed by atoms with van der Waals surface area (Å²) in [6.07, 6.45) is 2.85. The molecule has 0 bridgehead atoms. The number of rotatable bonds is 5. The summed E-state index contributed by atoms with van der Waals surface area (Å²) < 4.78 is 15.1. The Labute approximate surface area is 144 Å². The highest BCUT2D eigenvalue weighted by atomic mass is 35.5. The molecular formula is C18H15ClO5. The highest BCUT2D eigenvalue weighted by Crippen LogP contribution is 2.29. The van der Waals surface area contributed by atoms with Gasteiger partial charge in [0, 0.05) is 11.1 Å². The molecule has 6 heteroatoms. The predicted octanol–water partition coefficient (Wildman–Crippen LogP) is 3.75. The zero-order chi connectivity index (χ0) is 17.5. The summed E-state index contributed by atoms with van der Waals surface area (Å²) in [5, 5.41) is 0.444. The topological polar surface area (TPSA) is 61.8 Å². The minimum Gasteiger partial charge on any atom is -0.493 e. The molecular weight excluding hydrogens is 332 g/mol. The standard InChI is InChI=1S/C18H15ClO5/c1-22-16-10-12(7-9-17(20)23-2)6-8-15(16)24-18(21)13-4-3-5-14(19)11-13/h3-11H,1-2H3/b9-7+. The van der Waals surface area contributed by atoms with Crippen molar-refractivity contribution in [2.75, 3.05) is 14.2 Å². The van der Waals surface area contributed by atoms with Crippen LogP contribution in [0.25, 0.3) is 6.08 Å². The van der Waals surface area contributed by atoms with E-state index in [1.165, 1.54) is 26.4 Å². The molecule has 2 aromatic carbocycles. The van der Waals surface area contributed by atoms with Crippen molar-refractivity contribution in [3.05, 3.63) is 64.7 Å². The van der Waals surface area contributed by atoms with Crippen molar-refractivity contribution in [3.63, 3.8) is 0 Å². The van der Waals surface area contributed by atoms with Crippen LogP contribution in [0.3, 0.4) is 0 Å². The van der Waals surface area contributed by atoms with Gasteiger partial charge < -0.3 is 14.2 Å². The second kappa shape index (κ2) is 8.17. The van der Waals surface area contributed by atoms with Crippen LogP contribution in [-0.2, 0) is 9.53 Å². The Kier molecular flexibility index (Phi) is 5.98. The number of benzene rings is 2. The fourth-order valence-corrected chi connectivity index (χ4v) is 2.07. The van der Waals surface area contributed by atoms with Crippen molar-refractivity contribution in [3.8, 4) is 11.5 Å². The zero-order valence-corrected chi connectivity index (χ0v) is 13.9. The first kappa shape index (κ1) is 17.6. The third kappa shape index (κ3) is 4.60. The Morgan fingerprint density at radius 1 is 1.04 bits per heavy atom. The van der Waals surface area contributed by atoms with Crippen molar-refractivity contribution in [1.82, 2.24) is 0 Å². The summed E-state index contributed by atoms with van der Waals surface area (Å²) in [4.78, 5) is 23.3. The van der Waals surface area contributed by atoms with Gasteiger partial charge >= 0.3 is 11.9 Å². The largest absolute Gasteiger partial charge is 0.493 e. The van der Waals surface area contributed by atoms with Gasteiger partial charge in [0.2, 0.25) is 0 Å². The average molecular weight is 347 g/mol. The first-order valence-corrected chi connectivity index (χ1v) is 7.33. The van der Waals surface area contributed by atoms with E-state index in [4.69, 9.17) is 21.1 Å². The maximum absolute atomic E-state index is 12.2. The normalized spacial score (nSPS) is 10.5. The van der Waals surface area contributed by atoms with Gasteiger partial charge in [-0.3, -0.25) is 0 Å². The Hall–Kier alpha value is -2.79. The van der Waals surface area contributed by atoms with Crippen LogP contribution in [0.5, 0.6) is 11.5 Å². The number of carbonyl (C=O) groups is 2. The van der Waals surface area contributed by atoms with Crippen LogP contribution < -0.4 is 9.47 Å². The lowest BCUT2D eigenvalue weighted by Crippen LogP contribution is -2.09. The van der Waals surface area contributed by atoms with Crippen LogP contribution >= 0.6 is 11.6 Å². The van der Waals surface area contributed by atoms with Gasteiger partial charge in [-0.1, -0.05) is 23.7 Å². The fraction of sp³-hybridized carbons (Fsp3) is 0.111. The van der Waals surface area contributed by atoms with E-state index in [0.29, 0.717) is 21.9 Å². The SMILES string of the molecule is COC(=O)/C=C/c1ccc(OC(=O)c2cccc(Cl)c2)c(OC)c1. The third-order valence-corrected chi connectivity index (χ3v) is 3.30. The average Bonchev–Trinajstić information content (AvgIpc) is 2.60.